The second-order valence-corrected chi connectivity index (χ2v) is 7.78. The van der Waals surface area contributed by atoms with Gasteiger partial charge in [-0.2, -0.15) is 5.10 Å². The Morgan fingerprint density at radius 2 is 2.07 bits per heavy atom. The molecule has 0 radical (unpaired) electrons. The molecule has 0 spiro atoms. The molecular weight excluding hydrogens is 340 g/mol. The molecule has 4 rings (SSSR count). The van der Waals surface area contributed by atoms with E-state index in [1.165, 1.54) is 5.56 Å². The number of nitrogens with one attached hydrogen (secondary N) is 2. The first-order valence-electron chi connectivity index (χ1n) is 9.79. The summed E-state index contributed by atoms with van der Waals surface area (Å²) in [5.41, 5.74) is 3.49. The topological polar surface area (TPSA) is 68.2 Å². The van der Waals surface area contributed by atoms with E-state index in [0.717, 1.165) is 37.1 Å². The lowest BCUT2D eigenvalue weighted by Crippen LogP contribution is -2.46. The Morgan fingerprint density at radius 3 is 2.81 bits per heavy atom. The third-order valence-electron chi connectivity index (χ3n) is 5.76. The van der Waals surface area contributed by atoms with E-state index in [9.17, 15) is 4.79 Å². The molecule has 1 amide bonds. The molecule has 6 heteroatoms. The second-order valence-electron chi connectivity index (χ2n) is 7.78. The van der Waals surface area contributed by atoms with Crippen molar-refractivity contribution < 1.29 is 9.53 Å². The van der Waals surface area contributed by atoms with E-state index >= 15 is 0 Å². The zero-order valence-electron chi connectivity index (χ0n) is 16.0. The normalized spacial score (nSPS) is 28.2. The number of ether oxygens (including phenoxy) is 1. The average molecular weight is 368 g/mol. The smallest absolute Gasteiger partial charge is 0.225 e. The summed E-state index contributed by atoms with van der Waals surface area (Å²) in [6.07, 6.45) is 5.73. The quantitative estimate of drug-likeness (QED) is 0.867. The van der Waals surface area contributed by atoms with Crippen LogP contribution in [0.3, 0.4) is 0 Å². The maximum absolute atomic E-state index is 13.1. The van der Waals surface area contributed by atoms with Gasteiger partial charge in [0.1, 0.15) is 6.10 Å². The molecule has 2 N–H and O–H groups in total. The summed E-state index contributed by atoms with van der Waals surface area (Å²) in [6.45, 7) is 4.34. The van der Waals surface area contributed by atoms with Gasteiger partial charge in [0.2, 0.25) is 5.91 Å². The number of amides is 1. The van der Waals surface area contributed by atoms with E-state index < -0.39 is 0 Å². The first kappa shape index (κ1) is 18.2. The fourth-order valence-corrected chi connectivity index (χ4v) is 4.24. The van der Waals surface area contributed by atoms with Crippen LogP contribution < -0.4 is 10.6 Å². The predicted octanol–water partition coefficient (Wildman–Crippen LogP) is 2.07. The Hall–Kier alpha value is -2.18. The number of hydrogen-bond donors (Lipinski definition) is 2. The highest BCUT2D eigenvalue weighted by Gasteiger charge is 2.37. The zero-order chi connectivity index (χ0) is 18.8. The molecule has 1 aromatic heterocycles. The van der Waals surface area contributed by atoms with E-state index in [2.05, 4.69) is 46.9 Å². The zero-order valence-corrected chi connectivity index (χ0v) is 16.0. The predicted molar refractivity (Wildman–Crippen MR) is 103 cm³/mol. The summed E-state index contributed by atoms with van der Waals surface area (Å²) in [6, 6.07) is 8.45. The molecule has 6 nitrogen and oxygen atoms in total. The molecule has 0 saturated carbocycles. The summed E-state index contributed by atoms with van der Waals surface area (Å²) in [7, 11) is 1.91. The summed E-state index contributed by atoms with van der Waals surface area (Å²) >= 11 is 0. The van der Waals surface area contributed by atoms with Crippen molar-refractivity contribution >= 4 is 5.91 Å². The van der Waals surface area contributed by atoms with Gasteiger partial charge in [0.15, 0.2) is 0 Å². The number of rotatable bonds is 4. The molecule has 144 valence electrons. The van der Waals surface area contributed by atoms with Crippen LogP contribution in [0.1, 0.15) is 41.6 Å². The third-order valence-corrected chi connectivity index (χ3v) is 5.76. The molecule has 2 fully saturated rings. The molecule has 27 heavy (non-hydrogen) atoms. The van der Waals surface area contributed by atoms with E-state index in [4.69, 9.17) is 4.74 Å². The van der Waals surface area contributed by atoms with Crippen molar-refractivity contribution in [3.63, 3.8) is 0 Å². The van der Waals surface area contributed by atoms with Crippen LogP contribution in [0.25, 0.3) is 0 Å². The summed E-state index contributed by atoms with van der Waals surface area (Å²) in [4.78, 5) is 13.1. The number of aryl methyl sites for hydroxylation is 2. The van der Waals surface area contributed by atoms with Crippen molar-refractivity contribution in [2.75, 3.05) is 19.7 Å². The van der Waals surface area contributed by atoms with Gasteiger partial charge in [-0.05, 0) is 30.9 Å². The van der Waals surface area contributed by atoms with E-state index in [0.29, 0.717) is 6.54 Å². The first-order chi connectivity index (χ1) is 13.1. The lowest BCUT2D eigenvalue weighted by Gasteiger charge is -2.34. The number of carbonyl (C=O) groups excluding carboxylic acids is 1. The minimum absolute atomic E-state index is 0.0177. The molecule has 0 aliphatic carbocycles. The number of carbonyl (C=O) groups is 1. The van der Waals surface area contributed by atoms with Gasteiger partial charge in [0.25, 0.3) is 0 Å². The number of aromatic nitrogens is 2. The Labute approximate surface area is 160 Å². The minimum atomic E-state index is -0.0745. The van der Waals surface area contributed by atoms with Crippen molar-refractivity contribution in [3.8, 4) is 0 Å². The van der Waals surface area contributed by atoms with E-state index in [1.54, 1.807) is 4.68 Å². The fourth-order valence-electron chi connectivity index (χ4n) is 4.24. The Kier molecular flexibility index (Phi) is 5.27. The van der Waals surface area contributed by atoms with Crippen LogP contribution in [0, 0.1) is 12.8 Å². The van der Waals surface area contributed by atoms with Crippen LogP contribution in [-0.2, 0) is 16.6 Å². The summed E-state index contributed by atoms with van der Waals surface area (Å²) in [5, 5.41) is 10.9. The first-order valence-corrected chi connectivity index (χ1v) is 9.79. The molecule has 0 bridgehead atoms. The second kappa shape index (κ2) is 7.82. The van der Waals surface area contributed by atoms with Gasteiger partial charge in [-0.15, -0.1) is 0 Å². The van der Waals surface area contributed by atoms with Gasteiger partial charge in [-0.25, -0.2) is 0 Å². The van der Waals surface area contributed by atoms with E-state index in [1.807, 2.05) is 19.4 Å². The molecule has 3 heterocycles. The van der Waals surface area contributed by atoms with Crippen LogP contribution in [0.15, 0.2) is 36.7 Å². The Bertz CT molecular complexity index is 786. The molecule has 2 aliphatic rings. The number of nitrogens with zero attached hydrogens (tertiary/aromatic N) is 2. The standard InChI is InChI=1S/C21H28N4O2/c1-14-5-7-15(8-6-14)20-19(4-3-9-27-20)24-21(26)18-12-22-11-17(18)16-10-23-25(2)13-16/h5-8,10,13,17-20,22H,3-4,9,11-12H2,1-2H3,(H,24,26)/t17-,18+,19?,20?/m1/s1. The number of hydrogen-bond acceptors (Lipinski definition) is 4. The molecule has 2 aromatic rings. The maximum atomic E-state index is 13.1. The molecular formula is C21H28N4O2. The molecule has 2 aliphatic heterocycles. The highest BCUT2D eigenvalue weighted by molar-refractivity contribution is 5.81. The van der Waals surface area contributed by atoms with Crippen LogP contribution in [0.5, 0.6) is 0 Å². The molecule has 4 atom stereocenters. The summed E-state index contributed by atoms with van der Waals surface area (Å²) < 4.78 is 7.85. The lowest BCUT2D eigenvalue weighted by atomic mass is 9.89. The monoisotopic (exact) mass is 368 g/mol. The van der Waals surface area contributed by atoms with Gasteiger partial charge < -0.3 is 15.4 Å². The van der Waals surface area contributed by atoms with Crippen molar-refractivity contribution in [2.45, 2.75) is 37.8 Å². The Balaban J connectivity index is 1.47. The van der Waals surface area contributed by atoms with Gasteiger partial charge in [-0.1, -0.05) is 29.8 Å². The highest BCUT2D eigenvalue weighted by Crippen LogP contribution is 2.31. The van der Waals surface area contributed by atoms with Crippen LogP contribution in [-0.4, -0.2) is 41.4 Å². The summed E-state index contributed by atoms with van der Waals surface area (Å²) in [5.74, 6) is 0.206. The van der Waals surface area contributed by atoms with Gasteiger partial charge in [0, 0.05) is 38.9 Å². The van der Waals surface area contributed by atoms with Crippen molar-refractivity contribution in [1.29, 1.82) is 0 Å². The third kappa shape index (κ3) is 3.92. The average Bonchev–Trinajstić information content (AvgIpc) is 3.32. The lowest BCUT2D eigenvalue weighted by molar-refractivity contribution is -0.128. The minimum Gasteiger partial charge on any atom is -0.371 e. The van der Waals surface area contributed by atoms with Crippen molar-refractivity contribution in [3.05, 3.63) is 53.3 Å². The molecule has 1 aromatic carbocycles. The fraction of sp³-hybridized carbons (Fsp3) is 0.524. The maximum Gasteiger partial charge on any atom is 0.225 e. The Morgan fingerprint density at radius 1 is 1.26 bits per heavy atom. The van der Waals surface area contributed by atoms with Crippen molar-refractivity contribution in [1.82, 2.24) is 20.4 Å². The highest BCUT2D eigenvalue weighted by atomic mass is 16.5. The van der Waals surface area contributed by atoms with Crippen LogP contribution >= 0.6 is 0 Å². The molecule has 2 saturated heterocycles. The van der Waals surface area contributed by atoms with Gasteiger partial charge in [-0.3, -0.25) is 9.48 Å². The van der Waals surface area contributed by atoms with Crippen molar-refractivity contribution in [2.24, 2.45) is 13.0 Å². The van der Waals surface area contributed by atoms with E-state index in [-0.39, 0.29) is 29.9 Å². The van der Waals surface area contributed by atoms with Gasteiger partial charge in [0.05, 0.1) is 18.2 Å². The molecule has 2 unspecified atom stereocenters. The van der Waals surface area contributed by atoms with Gasteiger partial charge >= 0.3 is 0 Å². The van der Waals surface area contributed by atoms with Crippen LogP contribution in [0.2, 0.25) is 0 Å². The largest absolute Gasteiger partial charge is 0.371 e. The number of benzene rings is 1. The SMILES string of the molecule is Cc1ccc(C2OCCCC2NC(=O)[C@H]2CNC[C@@H]2c2cnn(C)c2)cc1. The van der Waals surface area contributed by atoms with Crippen LogP contribution in [0.4, 0.5) is 0 Å².